The Balaban J connectivity index is 1.61. The van der Waals surface area contributed by atoms with Gasteiger partial charge in [0, 0.05) is 34.6 Å². The highest BCUT2D eigenvalue weighted by molar-refractivity contribution is 7.19. The minimum atomic E-state index is 0.0778. The zero-order valence-electron chi connectivity index (χ0n) is 11.0. The molecule has 0 bridgehead atoms. The van der Waals surface area contributed by atoms with E-state index >= 15 is 0 Å². The zero-order valence-corrected chi connectivity index (χ0v) is 12.6. The minimum Gasteiger partial charge on any atom is -0.381 e. The summed E-state index contributed by atoms with van der Waals surface area (Å²) in [5.74, 6) is 0.446. The number of hydrogen-bond donors (Lipinski definition) is 1. The Morgan fingerprint density at radius 1 is 1.45 bits per heavy atom. The predicted molar refractivity (Wildman–Crippen MR) is 82.2 cm³/mol. The largest absolute Gasteiger partial charge is 0.381 e. The summed E-state index contributed by atoms with van der Waals surface area (Å²) in [6.45, 7) is 1.99. The van der Waals surface area contributed by atoms with Crippen molar-refractivity contribution in [1.82, 2.24) is 5.32 Å². The van der Waals surface area contributed by atoms with Crippen LogP contribution >= 0.6 is 22.9 Å². The molecule has 0 saturated carbocycles. The van der Waals surface area contributed by atoms with Crippen molar-refractivity contribution in [3.63, 3.8) is 0 Å². The first kappa shape index (κ1) is 13.9. The number of thiophene rings is 1. The third kappa shape index (κ3) is 2.97. The smallest absolute Gasteiger partial charge is 0.220 e. The van der Waals surface area contributed by atoms with E-state index in [-0.39, 0.29) is 5.91 Å². The molecule has 2 aromatic rings. The Hall–Kier alpha value is -1.10. The standard InChI is InChI=1S/C15H16ClNO2S/c16-15-11-3-1-2-4-12(11)20-13(15)8-17-14(18)7-10-5-6-19-9-10/h1-4,10H,5-9H2,(H,17,18). The van der Waals surface area contributed by atoms with Crippen molar-refractivity contribution in [2.45, 2.75) is 19.4 Å². The van der Waals surface area contributed by atoms with Gasteiger partial charge in [-0.15, -0.1) is 11.3 Å². The van der Waals surface area contributed by atoms with E-state index in [1.54, 1.807) is 11.3 Å². The molecule has 3 rings (SSSR count). The van der Waals surface area contributed by atoms with Crippen LogP contribution in [0.15, 0.2) is 24.3 Å². The monoisotopic (exact) mass is 309 g/mol. The number of rotatable bonds is 4. The van der Waals surface area contributed by atoms with Crippen LogP contribution in [0.2, 0.25) is 5.02 Å². The summed E-state index contributed by atoms with van der Waals surface area (Å²) in [4.78, 5) is 12.9. The maximum absolute atomic E-state index is 11.9. The van der Waals surface area contributed by atoms with Crippen LogP contribution in [0.1, 0.15) is 17.7 Å². The molecule has 1 amide bonds. The molecule has 20 heavy (non-hydrogen) atoms. The zero-order chi connectivity index (χ0) is 13.9. The fraction of sp³-hybridized carbons (Fsp3) is 0.400. The molecular formula is C15H16ClNO2S. The van der Waals surface area contributed by atoms with Crippen LogP contribution in [-0.2, 0) is 16.1 Å². The topological polar surface area (TPSA) is 38.3 Å². The average Bonchev–Trinajstić information content (AvgIpc) is 3.06. The minimum absolute atomic E-state index is 0.0778. The van der Waals surface area contributed by atoms with Gasteiger partial charge in [0.05, 0.1) is 11.6 Å². The molecule has 1 N–H and O–H groups in total. The van der Waals surface area contributed by atoms with Crippen molar-refractivity contribution in [3.8, 4) is 0 Å². The lowest BCUT2D eigenvalue weighted by atomic mass is 10.1. The molecule has 3 nitrogen and oxygen atoms in total. The van der Waals surface area contributed by atoms with E-state index in [4.69, 9.17) is 16.3 Å². The second kappa shape index (κ2) is 6.12. The number of amides is 1. The Morgan fingerprint density at radius 3 is 3.05 bits per heavy atom. The number of nitrogens with one attached hydrogen (secondary N) is 1. The Kier molecular flexibility index (Phi) is 4.24. The molecule has 0 spiro atoms. The van der Waals surface area contributed by atoms with Gasteiger partial charge in [-0.3, -0.25) is 4.79 Å². The van der Waals surface area contributed by atoms with E-state index in [1.165, 1.54) is 0 Å². The Labute approximate surface area is 126 Å². The molecular weight excluding hydrogens is 294 g/mol. The molecule has 1 atom stereocenters. The van der Waals surface area contributed by atoms with Crippen LogP contribution in [0.25, 0.3) is 10.1 Å². The number of benzene rings is 1. The summed E-state index contributed by atoms with van der Waals surface area (Å²) in [5, 5.41) is 4.78. The number of carbonyl (C=O) groups is 1. The van der Waals surface area contributed by atoms with Crippen LogP contribution in [0.4, 0.5) is 0 Å². The molecule has 1 aliphatic rings. The van der Waals surface area contributed by atoms with Crippen molar-refractivity contribution in [3.05, 3.63) is 34.2 Å². The maximum atomic E-state index is 11.9. The van der Waals surface area contributed by atoms with Crippen LogP contribution in [0.3, 0.4) is 0 Å². The first-order valence-electron chi connectivity index (χ1n) is 6.74. The van der Waals surface area contributed by atoms with E-state index in [0.717, 1.165) is 33.0 Å². The first-order valence-corrected chi connectivity index (χ1v) is 7.94. The van der Waals surface area contributed by atoms with E-state index < -0.39 is 0 Å². The highest BCUT2D eigenvalue weighted by atomic mass is 35.5. The molecule has 1 aromatic carbocycles. The van der Waals surface area contributed by atoms with Gasteiger partial charge in [-0.05, 0) is 18.4 Å². The van der Waals surface area contributed by atoms with Gasteiger partial charge in [0.1, 0.15) is 0 Å². The lowest BCUT2D eigenvalue weighted by molar-refractivity contribution is -0.122. The van der Waals surface area contributed by atoms with Crippen LogP contribution in [-0.4, -0.2) is 19.1 Å². The van der Waals surface area contributed by atoms with E-state index in [9.17, 15) is 4.79 Å². The quantitative estimate of drug-likeness (QED) is 0.937. The third-order valence-corrected chi connectivity index (χ3v) is 5.26. The highest BCUT2D eigenvalue weighted by Gasteiger charge is 2.19. The van der Waals surface area contributed by atoms with Gasteiger partial charge in [0.15, 0.2) is 0 Å². The van der Waals surface area contributed by atoms with E-state index in [1.807, 2.05) is 24.3 Å². The normalized spacial score (nSPS) is 18.6. The Morgan fingerprint density at radius 2 is 2.30 bits per heavy atom. The Bertz CT molecular complexity index is 619. The maximum Gasteiger partial charge on any atom is 0.220 e. The molecule has 106 valence electrons. The first-order chi connectivity index (χ1) is 9.74. The summed E-state index contributed by atoms with van der Waals surface area (Å²) in [7, 11) is 0. The average molecular weight is 310 g/mol. The second-order valence-electron chi connectivity index (χ2n) is 5.05. The van der Waals surface area contributed by atoms with Crippen molar-refractivity contribution in [2.24, 2.45) is 5.92 Å². The lowest BCUT2D eigenvalue weighted by Crippen LogP contribution is -2.25. The van der Waals surface area contributed by atoms with E-state index in [2.05, 4.69) is 5.32 Å². The number of halogens is 1. The highest BCUT2D eigenvalue weighted by Crippen LogP contribution is 2.34. The molecule has 1 saturated heterocycles. The lowest BCUT2D eigenvalue weighted by Gasteiger charge is -2.07. The third-order valence-electron chi connectivity index (χ3n) is 3.55. The second-order valence-corrected chi connectivity index (χ2v) is 6.56. The molecule has 2 heterocycles. The van der Waals surface area contributed by atoms with Gasteiger partial charge in [-0.1, -0.05) is 29.8 Å². The number of ether oxygens (including phenoxy) is 1. The fourth-order valence-electron chi connectivity index (χ4n) is 2.44. The van der Waals surface area contributed by atoms with Crippen LogP contribution in [0, 0.1) is 5.92 Å². The van der Waals surface area contributed by atoms with Crippen LogP contribution in [0.5, 0.6) is 0 Å². The SMILES string of the molecule is O=C(CC1CCOC1)NCc1sc2ccccc2c1Cl. The van der Waals surface area contributed by atoms with Crippen molar-refractivity contribution < 1.29 is 9.53 Å². The molecule has 1 aromatic heterocycles. The summed E-state index contributed by atoms with van der Waals surface area (Å²) in [5.41, 5.74) is 0. The molecule has 0 aliphatic carbocycles. The summed E-state index contributed by atoms with van der Waals surface area (Å²) >= 11 is 7.99. The molecule has 5 heteroatoms. The fourth-order valence-corrected chi connectivity index (χ4v) is 3.88. The van der Waals surface area contributed by atoms with Gasteiger partial charge in [0.2, 0.25) is 5.91 Å². The van der Waals surface area contributed by atoms with Gasteiger partial charge in [-0.25, -0.2) is 0 Å². The molecule has 0 radical (unpaired) electrons. The van der Waals surface area contributed by atoms with Crippen molar-refractivity contribution in [2.75, 3.05) is 13.2 Å². The summed E-state index contributed by atoms with van der Waals surface area (Å²) < 4.78 is 6.44. The van der Waals surface area contributed by atoms with Crippen molar-refractivity contribution in [1.29, 1.82) is 0 Å². The molecule has 1 unspecified atom stereocenters. The van der Waals surface area contributed by atoms with E-state index in [0.29, 0.717) is 25.5 Å². The number of carbonyl (C=O) groups excluding carboxylic acids is 1. The van der Waals surface area contributed by atoms with Gasteiger partial charge in [-0.2, -0.15) is 0 Å². The van der Waals surface area contributed by atoms with Crippen LogP contribution < -0.4 is 5.32 Å². The number of hydrogen-bond acceptors (Lipinski definition) is 3. The summed E-state index contributed by atoms with van der Waals surface area (Å²) in [6, 6.07) is 8.03. The van der Waals surface area contributed by atoms with Gasteiger partial charge < -0.3 is 10.1 Å². The predicted octanol–water partition coefficient (Wildman–Crippen LogP) is 3.60. The van der Waals surface area contributed by atoms with Gasteiger partial charge in [0.25, 0.3) is 0 Å². The molecule has 1 fully saturated rings. The number of fused-ring (bicyclic) bond motifs is 1. The molecule has 1 aliphatic heterocycles. The summed E-state index contributed by atoms with van der Waals surface area (Å²) in [6.07, 6.45) is 1.53. The van der Waals surface area contributed by atoms with Crippen molar-refractivity contribution >= 4 is 38.9 Å². The van der Waals surface area contributed by atoms with Gasteiger partial charge >= 0.3 is 0 Å².